The lowest BCUT2D eigenvalue weighted by Crippen LogP contribution is -1.72. The SMILES string of the molecule is CCc1cc2c(SC)ccc(S)c2s1. The minimum absolute atomic E-state index is 1.10. The summed E-state index contributed by atoms with van der Waals surface area (Å²) in [4.78, 5) is 3.90. The predicted molar refractivity (Wildman–Crippen MR) is 70.2 cm³/mol. The molecule has 2 aromatic rings. The van der Waals surface area contributed by atoms with Gasteiger partial charge >= 0.3 is 0 Å². The van der Waals surface area contributed by atoms with Gasteiger partial charge in [0.15, 0.2) is 0 Å². The van der Waals surface area contributed by atoms with Crippen LogP contribution >= 0.6 is 35.7 Å². The van der Waals surface area contributed by atoms with Gasteiger partial charge in [-0.15, -0.1) is 35.7 Å². The van der Waals surface area contributed by atoms with Gasteiger partial charge in [-0.3, -0.25) is 0 Å². The van der Waals surface area contributed by atoms with Crippen LogP contribution in [0.15, 0.2) is 28.0 Å². The number of rotatable bonds is 2. The van der Waals surface area contributed by atoms with Crippen molar-refractivity contribution >= 4 is 45.8 Å². The summed E-state index contributed by atoms with van der Waals surface area (Å²) >= 11 is 8.16. The Hall–Kier alpha value is -0.120. The summed E-state index contributed by atoms with van der Waals surface area (Å²) in [5.41, 5.74) is 0. The largest absolute Gasteiger partial charge is 0.142 e. The molecule has 0 fully saturated rings. The molecule has 0 nitrogen and oxygen atoms in total. The van der Waals surface area contributed by atoms with Crippen LogP contribution in [0.3, 0.4) is 0 Å². The predicted octanol–water partition coefficient (Wildman–Crippen LogP) is 4.47. The molecule has 0 spiro atoms. The molecule has 0 atom stereocenters. The van der Waals surface area contributed by atoms with Gasteiger partial charge in [-0.1, -0.05) is 6.92 Å². The zero-order chi connectivity index (χ0) is 10.1. The van der Waals surface area contributed by atoms with Crippen LogP contribution in [0.1, 0.15) is 11.8 Å². The highest BCUT2D eigenvalue weighted by Crippen LogP contribution is 2.36. The number of hydrogen-bond acceptors (Lipinski definition) is 3. The standard InChI is InChI=1S/C11H12S3/c1-3-7-6-8-10(13-2)5-4-9(12)11(8)14-7/h4-6,12H,3H2,1-2H3. The lowest BCUT2D eigenvalue weighted by molar-refractivity contribution is 1.19. The van der Waals surface area contributed by atoms with Crippen LogP contribution in [-0.4, -0.2) is 6.26 Å². The molecule has 1 aromatic heterocycles. The quantitative estimate of drug-likeness (QED) is 0.597. The van der Waals surface area contributed by atoms with E-state index in [9.17, 15) is 0 Å². The highest BCUT2D eigenvalue weighted by molar-refractivity contribution is 7.98. The first-order valence-electron chi connectivity index (χ1n) is 4.54. The maximum atomic E-state index is 4.49. The molecule has 3 heteroatoms. The van der Waals surface area contributed by atoms with Gasteiger partial charge in [0.25, 0.3) is 0 Å². The third kappa shape index (κ3) is 1.69. The lowest BCUT2D eigenvalue weighted by Gasteiger charge is -1.99. The number of thioether (sulfide) groups is 1. The second-order valence-electron chi connectivity index (χ2n) is 3.10. The van der Waals surface area contributed by atoms with Crippen LogP contribution < -0.4 is 0 Å². The molecule has 0 amide bonds. The lowest BCUT2D eigenvalue weighted by atomic mass is 10.2. The van der Waals surface area contributed by atoms with Gasteiger partial charge in [0, 0.05) is 24.8 Å². The molecule has 14 heavy (non-hydrogen) atoms. The van der Waals surface area contributed by atoms with Gasteiger partial charge in [-0.2, -0.15) is 0 Å². The number of fused-ring (bicyclic) bond motifs is 1. The highest BCUT2D eigenvalue weighted by atomic mass is 32.2. The van der Waals surface area contributed by atoms with E-state index in [2.05, 4.69) is 44.0 Å². The van der Waals surface area contributed by atoms with Crippen molar-refractivity contribution in [1.82, 2.24) is 0 Å². The van der Waals surface area contributed by atoms with Crippen molar-refractivity contribution in [3.63, 3.8) is 0 Å². The third-order valence-corrected chi connectivity index (χ3v) is 4.87. The van der Waals surface area contributed by atoms with E-state index in [1.54, 1.807) is 11.8 Å². The van der Waals surface area contributed by atoms with Crippen molar-refractivity contribution in [2.75, 3.05) is 6.26 Å². The summed E-state index contributed by atoms with van der Waals surface area (Å²) in [6, 6.07) is 6.54. The molecule has 1 aromatic carbocycles. The monoisotopic (exact) mass is 240 g/mol. The molecule has 0 unspecified atom stereocenters. The Morgan fingerprint density at radius 2 is 2.21 bits per heavy atom. The number of hydrogen-bond donors (Lipinski definition) is 1. The Kier molecular flexibility index (Phi) is 3.10. The van der Waals surface area contributed by atoms with E-state index in [1.807, 2.05) is 11.3 Å². The normalized spacial score (nSPS) is 11.1. The van der Waals surface area contributed by atoms with E-state index in [0.717, 1.165) is 11.3 Å². The van der Waals surface area contributed by atoms with E-state index in [1.165, 1.54) is 19.9 Å². The Labute approximate surface area is 98.1 Å². The maximum absolute atomic E-state index is 4.49. The van der Waals surface area contributed by atoms with Crippen molar-refractivity contribution in [2.24, 2.45) is 0 Å². The van der Waals surface area contributed by atoms with Crippen LogP contribution in [0.25, 0.3) is 10.1 Å². The van der Waals surface area contributed by atoms with Crippen molar-refractivity contribution in [2.45, 2.75) is 23.1 Å². The molecule has 0 saturated carbocycles. The van der Waals surface area contributed by atoms with Crippen LogP contribution in [0, 0.1) is 0 Å². The van der Waals surface area contributed by atoms with Gasteiger partial charge < -0.3 is 0 Å². The van der Waals surface area contributed by atoms with E-state index < -0.39 is 0 Å². The molecule has 0 saturated heterocycles. The molecule has 0 bridgehead atoms. The first kappa shape index (κ1) is 10.4. The molecule has 0 radical (unpaired) electrons. The van der Waals surface area contributed by atoms with E-state index in [-0.39, 0.29) is 0 Å². The minimum Gasteiger partial charge on any atom is -0.142 e. The van der Waals surface area contributed by atoms with Gasteiger partial charge in [0.1, 0.15) is 0 Å². The third-order valence-electron chi connectivity index (χ3n) is 2.24. The summed E-state index contributed by atoms with van der Waals surface area (Å²) in [7, 11) is 0. The molecule has 0 aliphatic rings. The molecular formula is C11H12S3. The van der Waals surface area contributed by atoms with Gasteiger partial charge in [-0.05, 0) is 30.9 Å². The van der Waals surface area contributed by atoms with Crippen molar-refractivity contribution in [3.8, 4) is 0 Å². The smallest absolute Gasteiger partial charge is 0.0490 e. The molecule has 2 rings (SSSR count). The van der Waals surface area contributed by atoms with Crippen molar-refractivity contribution < 1.29 is 0 Å². The second kappa shape index (κ2) is 4.17. The van der Waals surface area contributed by atoms with Crippen molar-refractivity contribution in [3.05, 3.63) is 23.1 Å². The molecule has 74 valence electrons. The van der Waals surface area contributed by atoms with Crippen LogP contribution in [0.2, 0.25) is 0 Å². The number of benzene rings is 1. The highest BCUT2D eigenvalue weighted by Gasteiger charge is 2.07. The number of thiophene rings is 1. The fourth-order valence-electron chi connectivity index (χ4n) is 1.49. The Bertz CT molecular complexity index is 457. The second-order valence-corrected chi connectivity index (χ2v) is 5.56. The van der Waals surface area contributed by atoms with Gasteiger partial charge in [0.05, 0.1) is 0 Å². The van der Waals surface area contributed by atoms with E-state index in [0.29, 0.717) is 0 Å². The molecule has 0 N–H and O–H groups in total. The van der Waals surface area contributed by atoms with E-state index >= 15 is 0 Å². The average molecular weight is 240 g/mol. The summed E-state index contributed by atoms with van der Waals surface area (Å²) in [6.45, 7) is 2.20. The Morgan fingerprint density at radius 3 is 2.86 bits per heavy atom. The summed E-state index contributed by atoms with van der Waals surface area (Å²) in [6.07, 6.45) is 3.23. The van der Waals surface area contributed by atoms with Crippen LogP contribution in [0.5, 0.6) is 0 Å². The molecule has 0 aliphatic carbocycles. The Morgan fingerprint density at radius 1 is 1.43 bits per heavy atom. The topological polar surface area (TPSA) is 0 Å². The summed E-state index contributed by atoms with van der Waals surface area (Å²) < 4.78 is 1.33. The molecule has 0 aliphatic heterocycles. The molecule has 1 heterocycles. The number of aryl methyl sites for hydroxylation is 1. The average Bonchev–Trinajstić information content (AvgIpc) is 2.63. The van der Waals surface area contributed by atoms with Gasteiger partial charge in [-0.25, -0.2) is 0 Å². The van der Waals surface area contributed by atoms with Gasteiger partial charge in [0.2, 0.25) is 0 Å². The first-order chi connectivity index (χ1) is 6.76. The fraction of sp³-hybridized carbons (Fsp3) is 0.273. The van der Waals surface area contributed by atoms with E-state index in [4.69, 9.17) is 0 Å². The van der Waals surface area contributed by atoms with Crippen molar-refractivity contribution in [1.29, 1.82) is 0 Å². The zero-order valence-electron chi connectivity index (χ0n) is 8.20. The van der Waals surface area contributed by atoms with Crippen LogP contribution in [-0.2, 0) is 6.42 Å². The molecular weight excluding hydrogens is 228 g/mol. The van der Waals surface area contributed by atoms with Crippen LogP contribution in [0.4, 0.5) is 0 Å². The zero-order valence-corrected chi connectivity index (χ0v) is 10.7. The summed E-state index contributed by atoms with van der Waals surface area (Å²) in [5.74, 6) is 0. The minimum atomic E-state index is 1.10. The summed E-state index contributed by atoms with van der Waals surface area (Å²) in [5, 5.41) is 1.37. The Balaban J connectivity index is 2.74. The fourth-order valence-corrected chi connectivity index (χ4v) is 3.50. The number of thiol groups is 1. The maximum Gasteiger partial charge on any atom is 0.0490 e. The first-order valence-corrected chi connectivity index (χ1v) is 7.03.